The highest BCUT2D eigenvalue weighted by Gasteiger charge is 2.54. The second-order valence-electron chi connectivity index (χ2n) is 8.57. The van der Waals surface area contributed by atoms with Gasteiger partial charge in [-0.1, -0.05) is 24.4 Å². The van der Waals surface area contributed by atoms with Crippen LogP contribution < -0.4 is 10.2 Å². The molecule has 0 spiro atoms. The van der Waals surface area contributed by atoms with E-state index in [0.29, 0.717) is 27.8 Å². The van der Waals surface area contributed by atoms with Gasteiger partial charge in [0.2, 0.25) is 5.91 Å². The standard InChI is InChI=1S/C23H23ClN2O3S/c24-14-7-9-15(10-8-14)25-20(28)19-16-4-3-6-18(16)30-22(19)26-12-23(13-27)11-2-1-5-17(23)21(26)29/h7-10,13,17H,1-6,11-12H2,(H,25,28). The fraction of sp³-hybridized carbons (Fsp3) is 0.435. The van der Waals surface area contributed by atoms with Crippen LogP contribution in [-0.4, -0.2) is 24.6 Å². The molecule has 5 rings (SSSR count). The molecule has 0 radical (unpaired) electrons. The third-order valence-corrected chi connectivity index (χ3v) is 8.37. The van der Waals surface area contributed by atoms with Crippen molar-refractivity contribution in [3.05, 3.63) is 45.3 Å². The third-order valence-electron chi connectivity index (χ3n) is 6.81. The summed E-state index contributed by atoms with van der Waals surface area (Å²) in [5.74, 6) is -0.454. The Morgan fingerprint density at radius 3 is 2.73 bits per heavy atom. The first-order valence-electron chi connectivity index (χ1n) is 10.5. The van der Waals surface area contributed by atoms with E-state index in [1.807, 2.05) is 0 Å². The number of hydrogen-bond donors (Lipinski definition) is 1. The van der Waals surface area contributed by atoms with Crippen LogP contribution in [0, 0.1) is 11.3 Å². The molecule has 7 heteroatoms. The normalized spacial score (nSPS) is 25.2. The first-order chi connectivity index (χ1) is 14.5. The molecule has 2 aromatic rings. The number of benzene rings is 1. The average molecular weight is 443 g/mol. The van der Waals surface area contributed by atoms with Gasteiger partial charge < -0.3 is 15.0 Å². The Hall–Kier alpha value is -2.18. The van der Waals surface area contributed by atoms with Crippen LogP contribution in [0.2, 0.25) is 5.02 Å². The molecule has 1 aromatic heterocycles. The second kappa shape index (κ2) is 7.50. The smallest absolute Gasteiger partial charge is 0.258 e. The van der Waals surface area contributed by atoms with Crippen LogP contribution >= 0.6 is 22.9 Å². The molecule has 2 atom stereocenters. The molecular formula is C23H23ClN2O3S. The largest absolute Gasteiger partial charge is 0.322 e. The molecular weight excluding hydrogens is 420 g/mol. The summed E-state index contributed by atoms with van der Waals surface area (Å²) in [5, 5.41) is 4.29. The Morgan fingerprint density at radius 1 is 1.20 bits per heavy atom. The molecule has 30 heavy (non-hydrogen) atoms. The quantitative estimate of drug-likeness (QED) is 0.687. The average Bonchev–Trinajstić information content (AvgIpc) is 3.41. The second-order valence-corrected chi connectivity index (χ2v) is 10.1. The van der Waals surface area contributed by atoms with Gasteiger partial charge in [-0.3, -0.25) is 9.59 Å². The predicted molar refractivity (Wildman–Crippen MR) is 119 cm³/mol. The molecule has 1 aliphatic heterocycles. The number of amides is 2. The number of carbonyl (C=O) groups excluding carboxylic acids is 3. The van der Waals surface area contributed by atoms with Crippen LogP contribution in [0.3, 0.4) is 0 Å². The Balaban J connectivity index is 1.52. The van der Waals surface area contributed by atoms with Gasteiger partial charge in [-0.05, 0) is 61.9 Å². The number of nitrogens with one attached hydrogen (secondary N) is 1. The Bertz CT molecular complexity index is 1030. The molecule has 1 saturated heterocycles. The number of aldehydes is 1. The van der Waals surface area contributed by atoms with E-state index in [1.54, 1.807) is 40.5 Å². The van der Waals surface area contributed by atoms with Crippen LogP contribution in [0.25, 0.3) is 0 Å². The summed E-state index contributed by atoms with van der Waals surface area (Å²) in [5.41, 5.74) is 1.73. The lowest BCUT2D eigenvalue weighted by molar-refractivity contribution is -0.128. The zero-order valence-corrected chi connectivity index (χ0v) is 18.2. The number of anilines is 2. The molecule has 3 aliphatic rings. The van der Waals surface area contributed by atoms with Crippen molar-refractivity contribution >= 4 is 51.7 Å². The van der Waals surface area contributed by atoms with Crippen molar-refractivity contribution in [2.24, 2.45) is 11.3 Å². The minimum absolute atomic E-state index is 0.00210. The number of rotatable bonds is 4. The van der Waals surface area contributed by atoms with E-state index < -0.39 is 5.41 Å². The zero-order chi connectivity index (χ0) is 20.9. The fourth-order valence-electron chi connectivity index (χ4n) is 5.27. The molecule has 2 fully saturated rings. The number of hydrogen-bond acceptors (Lipinski definition) is 4. The molecule has 5 nitrogen and oxygen atoms in total. The van der Waals surface area contributed by atoms with E-state index >= 15 is 0 Å². The topological polar surface area (TPSA) is 66.5 Å². The first-order valence-corrected chi connectivity index (χ1v) is 11.7. The molecule has 2 heterocycles. The summed E-state index contributed by atoms with van der Waals surface area (Å²) in [6.45, 7) is 0.390. The number of thiophene rings is 1. The van der Waals surface area contributed by atoms with Crippen molar-refractivity contribution in [3.63, 3.8) is 0 Å². The molecule has 1 saturated carbocycles. The summed E-state index contributed by atoms with van der Waals surface area (Å²) in [6, 6.07) is 7.00. The number of aryl methyl sites for hydroxylation is 1. The fourth-order valence-corrected chi connectivity index (χ4v) is 6.79. The monoisotopic (exact) mass is 442 g/mol. The van der Waals surface area contributed by atoms with E-state index in [9.17, 15) is 14.4 Å². The van der Waals surface area contributed by atoms with E-state index in [4.69, 9.17) is 11.6 Å². The first kappa shape index (κ1) is 19.8. The van der Waals surface area contributed by atoms with Crippen molar-refractivity contribution in [1.29, 1.82) is 0 Å². The maximum Gasteiger partial charge on any atom is 0.258 e. The van der Waals surface area contributed by atoms with Gasteiger partial charge in [0.15, 0.2) is 0 Å². The van der Waals surface area contributed by atoms with Gasteiger partial charge in [0.1, 0.15) is 11.3 Å². The van der Waals surface area contributed by atoms with E-state index in [0.717, 1.165) is 56.8 Å². The van der Waals surface area contributed by atoms with Gasteiger partial charge in [-0.2, -0.15) is 0 Å². The minimum atomic E-state index is -0.603. The molecule has 1 aromatic carbocycles. The lowest BCUT2D eigenvalue weighted by Gasteiger charge is -2.31. The summed E-state index contributed by atoms with van der Waals surface area (Å²) >= 11 is 7.51. The van der Waals surface area contributed by atoms with Gasteiger partial charge in [-0.25, -0.2) is 0 Å². The number of carbonyl (C=O) groups is 3. The summed E-state index contributed by atoms with van der Waals surface area (Å²) in [4.78, 5) is 41.6. The van der Waals surface area contributed by atoms with Crippen molar-refractivity contribution in [2.45, 2.75) is 44.9 Å². The lowest BCUT2D eigenvalue weighted by atomic mass is 9.69. The zero-order valence-electron chi connectivity index (χ0n) is 16.6. The van der Waals surface area contributed by atoms with Crippen LogP contribution in [0.1, 0.15) is 52.9 Å². The number of fused-ring (bicyclic) bond motifs is 2. The van der Waals surface area contributed by atoms with Crippen molar-refractivity contribution in [3.8, 4) is 0 Å². The van der Waals surface area contributed by atoms with Crippen LogP contribution in [0.5, 0.6) is 0 Å². The van der Waals surface area contributed by atoms with E-state index in [-0.39, 0.29) is 17.7 Å². The van der Waals surface area contributed by atoms with Gasteiger partial charge in [0.05, 0.1) is 16.9 Å². The Labute approximate surface area is 184 Å². The van der Waals surface area contributed by atoms with Crippen molar-refractivity contribution in [1.82, 2.24) is 0 Å². The number of halogens is 1. The molecule has 2 amide bonds. The van der Waals surface area contributed by atoms with Gasteiger partial charge in [0.25, 0.3) is 5.91 Å². The molecule has 1 N–H and O–H groups in total. The van der Waals surface area contributed by atoms with Gasteiger partial charge in [0, 0.05) is 22.1 Å². The summed E-state index contributed by atoms with van der Waals surface area (Å²) < 4.78 is 0. The Morgan fingerprint density at radius 2 is 2.00 bits per heavy atom. The highest BCUT2D eigenvalue weighted by molar-refractivity contribution is 7.17. The maximum atomic E-state index is 13.3. The van der Waals surface area contributed by atoms with Gasteiger partial charge >= 0.3 is 0 Å². The van der Waals surface area contributed by atoms with Crippen LogP contribution in [0.4, 0.5) is 10.7 Å². The SMILES string of the molecule is O=CC12CCCCC1C(=O)N(c1sc3c(c1C(=O)Nc1ccc(Cl)cc1)CCC3)C2. The molecule has 2 unspecified atom stereocenters. The van der Waals surface area contributed by atoms with Crippen molar-refractivity contribution in [2.75, 3.05) is 16.8 Å². The van der Waals surface area contributed by atoms with Gasteiger partial charge in [-0.15, -0.1) is 11.3 Å². The van der Waals surface area contributed by atoms with Crippen LogP contribution in [0.15, 0.2) is 24.3 Å². The lowest BCUT2D eigenvalue weighted by Crippen LogP contribution is -2.35. The molecule has 0 bridgehead atoms. The molecule has 156 valence electrons. The highest BCUT2D eigenvalue weighted by atomic mass is 35.5. The minimum Gasteiger partial charge on any atom is -0.322 e. The van der Waals surface area contributed by atoms with Crippen molar-refractivity contribution < 1.29 is 14.4 Å². The van der Waals surface area contributed by atoms with Crippen LogP contribution in [-0.2, 0) is 22.4 Å². The summed E-state index contributed by atoms with van der Waals surface area (Å²) in [6.07, 6.45) is 7.27. The Kier molecular flexibility index (Phi) is 4.94. The summed E-state index contributed by atoms with van der Waals surface area (Å²) in [7, 11) is 0. The maximum absolute atomic E-state index is 13.3. The van der Waals surface area contributed by atoms with E-state index in [2.05, 4.69) is 5.32 Å². The third kappa shape index (κ3) is 3.08. The predicted octanol–water partition coefficient (Wildman–Crippen LogP) is 4.86. The highest BCUT2D eigenvalue weighted by Crippen LogP contribution is 2.50. The number of nitrogens with zero attached hydrogens (tertiary/aromatic N) is 1. The molecule has 2 aliphatic carbocycles. The van der Waals surface area contributed by atoms with E-state index in [1.165, 1.54) is 4.88 Å².